The summed E-state index contributed by atoms with van der Waals surface area (Å²) in [5, 5.41) is 26.3. The first-order valence-corrected chi connectivity index (χ1v) is 9.36. The van der Waals surface area contributed by atoms with Crippen LogP contribution >= 0.6 is 11.6 Å². The first kappa shape index (κ1) is 20.6. The SMILES string of the molecule is Cc1c(-c2ccn(C(C)CNC(=O)c3coc([C@H](C)O)n3)n2)ccc(C#N)c1Cl. The van der Waals surface area contributed by atoms with Gasteiger partial charge < -0.3 is 14.8 Å². The molecule has 0 radical (unpaired) electrons. The van der Waals surface area contributed by atoms with E-state index in [2.05, 4.69) is 21.5 Å². The highest BCUT2D eigenvalue weighted by Crippen LogP contribution is 2.30. The monoisotopic (exact) mass is 413 g/mol. The number of nitrogens with one attached hydrogen (secondary N) is 1. The molecule has 0 aliphatic heterocycles. The van der Waals surface area contributed by atoms with Crippen molar-refractivity contribution in [3.05, 3.63) is 58.4 Å². The maximum absolute atomic E-state index is 12.2. The fourth-order valence-electron chi connectivity index (χ4n) is 2.78. The third-order valence-corrected chi connectivity index (χ3v) is 5.00. The molecule has 3 aromatic rings. The topological polar surface area (TPSA) is 117 Å². The van der Waals surface area contributed by atoms with Crippen LogP contribution in [0.1, 0.15) is 53.5 Å². The molecule has 0 fully saturated rings. The number of amides is 1. The molecule has 2 aromatic heterocycles. The van der Waals surface area contributed by atoms with Crippen LogP contribution in [-0.4, -0.2) is 32.3 Å². The molecule has 2 N–H and O–H groups in total. The predicted octanol–water partition coefficient (Wildman–Crippen LogP) is 3.42. The lowest BCUT2D eigenvalue weighted by Crippen LogP contribution is -2.30. The molecule has 0 spiro atoms. The number of hydrogen-bond acceptors (Lipinski definition) is 6. The van der Waals surface area contributed by atoms with Crippen molar-refractivity contribution >= 4 is 17.5 Å². The lowest BCUT2D eigenvalue weighted by atomic mass is 10.0. The van der Waals surface area contributed by atoms with Crippen LogP contribution in [0.15, 0.2) is 35.1 Å². The van der Waals surface area contributed by atoms with Crippen molar-refractivity contribution in [1.82, 2.24) is 20.1 Å². The normalized spacial score (nSPS) is 13.0. The minimum absolute atomic E-state index is 0.0939. The molecule has 1 unspecified atom stereocenters. The van der Waals surface area contributed by atoms with Gasteiger partial charge >= 0.3 is 0 Å². The molecule has 2 heterocycles. The molecule has 3 rings (SSSR count). The van der Waals surface area contributed by atoms with Gasteiger partial charge in [-0.3, -0.25) is 9.48 Å². The van der Waals surface area contributed by atoms with Crippen molar-refractivity contribution in [3.63, 3.8) is 0 Å². The average Bonchev–Trinajstić information content (AvgIpc) is 3.38. The molecule has 0 aliphatic carbocycles. The quantitative estimate of drug-likeness (QED) is 0.639. The van der Waals surface area contributed by atoms with Gasteiger partial charge in [0.2, 0.25) is 5.89 Å². The van der Waals surface area contributed by atoms with Crippen LogP contribution in [0.3, 0.4) is 0 Å². The van der Waals surface area contributed by atoms with Gasteiger partial charge in [0, 0.05) is 18.3 Å². The second kappa shape index (κ2) is 8.47. The number of hydrogen-bond donors (Lipinski definition) is 2. The van der Waals surface area contributed by atoms with Crippen molar-refractivity contribution in [1.29, 1.82) is 5.26 Å². The van der Waals surface area contributed by atoms with Crippen molar-refractivity contribution in [2.45, 2.75) is 32.9 Å². The number of benzene rings is 1. The Hall–Kier alpha value is -3.15. The van der Waals surface area contributed by atoms with Gasteiger partial charge in [0.15, 0.2) is 5.69 Å². The number of oxazole rings is 1. The van der Waals surface area contributed by atoms with Crippen LogP contribution in [0, 0.1) is 18.3 Å². The number of carbonyl (C=O) groups excluding carboxylic acids is 1. The van der Waals surface area contributed by atoms with E-state index >= 15 is 0 Å². The van der Waals surface area contributed by atoms with E-state index in [1.807, 2.05) is 32.2 Å². The van der Waals surface area contributed by atoms with E-state index in [-0.39, 0.29) is 17.6 Å². The molecule has 0 bridgehead atoms. The van der Waals surface area contributed by atoms with Crippen LogP contribution in [0.2, 0.25) is 5.02 Å². The van der Waals surface area contributed by atoms with Gasteiger partial charge in [0.05, 0.1) is 22.3 Å². The highest BCUT2D eigenvalue weighted by atomic mass is 35.5. The summed E-state index contributed by atoms with van der Waals surface area (Å²) in [5.74, 6) is -0.300. The fourth-order valence-corrected chi connectivity index (χ4v) is 2.99. The average molecular weight is 414 g/mol. The third kappa shape index (κ3) is 4.31. The Morgan fingerprint density at radius 2 is 2.17 bits per heavy atom. The smallest absolute Gasteiger partial charge is 0.273 e. The Morgan fingerprint density at radius 3 is 2.83 bits per heavy atom. The Bertz CT molecular complexity index is 1080. The molecule has 0 saturated carbocycles. The number of aliphatic hydroxyl groups excluding tert-OH is 1. The number of aromatic nitrogens is 3. The summed E-state index contributed by atoms with van der Waals surface area (Å²) < 4.78 is 6.80. The number of nitriles is 1. The zero-order valence-corrected chi connectivity index (χ0v) is 16.9. The van der Waals surface area contributed by atoms with E-state index in [9.17, 15) is 9.90 Å². The van der Waals surface area contributed by atoms with Crippen molar-refractivity contribution in [2.75, 3.05) is 6.54 Å². The summed E-state index contributed by atoms with van der Waals surface area (Å²) in [6, 6.07) is 7.30. The van der Waals surface area contributed by atoms with Gasteiger partial charge in [-0.2, -0.15) is 10.4 Å². The van der Waals surface area contributed by atoms with Crippen LogP contribution in [-0.2, 0) is 0 Å². The molecular weight excluding hydrogens is 394 g/mol. The summed E-state index contributed by atoms with van der Waals surface area (Å²) >= 11 is 6.25. The molecular formula is C20H20ClN5O3. The lowest BCUT2D eigenvalue weighted by Gasteiger charge is -2.13. The third-order valence-electron chi connectivity index (χ3n) is 4.51. The number of nitrogens with zero attached hydrogens (tertiary/aromatic N) is 4. The molecule has 8 nitrogen and oxygen atoms in total. The first-order valence-electron chi connectivity index (χ1n) is 8.98. The van der Waals surface area contributed by atoms with Gasteiger partial charge in [-0.25, -0.2) is 4.98 Å². The summed E-state index contributed by atoms with van der Waals surface area (Å²) in [6.07, 6.45) is 2.15. The summed E-state index contributed by atoms with van der Waals surface area (Å²) in [7, 11) is 0. The first-order chi connectivity index (χ1) is 13.8. The van der Waals surface area contributed by atoms with Crippen molar-refractivity contribution in [2.24, 2.45) is 0 Å². The van der Waals surface area contributed by atoms with E-state index in [1.54, 1.807) is 10.7 Å². The summed E-state index contributed by atoms with van der Waals surface area (Å²) in [4.78, 5) is 16.1. The summed E-state index contributed by atoms with van der Waals surface area (Å²) in [6.45, 7) is 5.60. The molecule has 0 aliphatic rings. The molecule has 1 amide bonds. The fraction of sp³-hybridized carbons (Fsp3) is 0.300. The highest BCUT2D eigenvalue weighted by Gasteiger charge is 2.17. The van der Waals surface area contributed by atoms with Gasteiger partial charge in [-0.05, 0) is 38.5 Å². The minimum Gasteiger partial charge on any atom is -0.445 e. The molecule has 1 aromatic carbocycles. The second-order valence-electron chi connectivity index (χ2n) is 6.70. The lowest BCUT2D eigenvalue weighted by molar-refractivity contribution is 0.0942. The van der Waals surface area contributed by atoms with Crippen LogP contribution in [0.4, 0.5) is 0 Å². The Balaban J connectivity index is 1.68. The molecule has 9 heteroatoms. The maximum atomic E-state index is 12.2. The van der Waals surface area contributed by atoms with Crippen LogP contribution < -0.4 is 5.32 Å². The zero-order valence-electron chi connectivity index (χ0n) is 16.2. The van der Waals surface area contributed by atoms with E-state index in [4.69, 9.17) is 21.3 Å². The Labute approximate surface area is 172 Å². The van der Waals surface area contributed by atoms with E-state index < -0.39 is 12.0 Å². The number of halogens is 1. The molecule has 150 valence electrons. The summed E-state index contributed by atoms with van der Waals surface area (Å²) in [5.41, 5.74) is 2.89. The Kier molecular flexibility index (Phi) is 6.01. The predicted molar refractivity (Wildman–Crippen MR) is 106 cm³/mol. The van der Waals surface area contributed by atoms with Gasteiger partial charge in [0.25, 0.3) is 5.91 Å². The largest absolute Gasteiger partial charge is 0.445 e. The van der Waals surface area contributed by atoms with Gasteiger partial charge in [-0.1, -0.05) is 17.7 Å². The maximum Gasteiger partial charge on any atom is 0.273 e. The van der Waals surface area contributed by atoms with Crippen LogP contribution in [0.25, 0.3) is 11.3 Å². The zero-order chi connectivity index (χ0) is 21.1. The molecule has 29 heavy (non-hydrogen) atoms. The number of aliphatic hydroxyl groups is 1. The molecule has 0 saturated heterocycles. The van der Waals surface area contributed by atoms with Crippen molar-refractivity contribution in [3.8, 4) is 17.3 Å². The van der Waals surface area contributed by atoms with Gasteiger partial charge in [0.1, 0.15) is 18.4 Å². The standard InChI is InChI=1S/C20H20ClN5O3/c1-11(9-23-19(28)17-10-29-20(24-17)13(3)27)26-7-6-16(25-26)15-5-4-14(8-22)18(21)12(15)2/h4-7,10-11,13,27H,9H2,1-3H3,(H,23,28)/t11?,13-/m0/s1. The van der Waals surface area contributed by atoms with Gasteiger partial charge in [-0.15, -0.1) is 0 Å². The second-order valence-corrected chi connectivity index (χ2v) is 7.08. The van der Waals surface area contributed by atoms with E-state index in [1.165, 1.54) is 13.2 Å². The number of carbonyl (C=O) groups is 1. The molecule has 2 atom stereocenters. The van der Waals surface area contributed by atoms with Crippen LogP contribution in [0.5, 0.6) is 0 Å². The van der Waals surface area contributed by atoms with Crippen molar-refractivity contribution < 1.29 is 14.3 Å². The minimum atomic E-state index is -0.878. The van der Waals surface area contributed by atoms with E-state index in [0.29, 0.717) is 17.1 Å². The Morgan fingerprint density at radius 1 is 1.41 bits per heavy atom. The highest BCUT2D eigenvalue weighted by molar-refractivity contribution is 6.32. The number of rotatable bonds is 6. The van der Waals surface area contributed by atoms with E-state index in [0.717, 1.165) is 16.8 Å².